The van der Waals surface area contributed by atoms with E-state index in [4.69, 9.17) is 5.73 Å². The minimum atomic E-state index is -0.583. The number of hydrazine groups is 1. The van der Waals surface area contributed by atoms with Crippen molar-refractivity contribution in [3.63, 3.8) is 0 Å². The number of nitrogens with two attached hydrogens (primary N) is 1. The molecule has 94 valence electrons. The Labute approximate surface area is 97.1 Å². The fraction of sp³-hybridized carbons (Fsp3) is 0.818. The van der Waals surface area contributed by atoms with Crippen molar-refractivity contribution in [1.29, 1.82) is 0 Å². The molecule has 0 aliphatic heterocycles. The van der Waals surface area contributed by atoms with E-state index < -0.39 is 11.5 Å². The Balaban J connectivity index is 4.03. The Kier molecular flexibility index (Phi) is 5.44. The Morgan fingerprint density at radius 1 is 1.19 bits per heavy atom. The van der Waals surface area contributed by atoms with Gasteiger partial charge in [0.1, 0.15) is 0 Å². The molecule has 0 spiro atoms. The summed E-state index contributed by atoms with van der Waals surface area (Å²) in [5.41, 5.74) is 9.81. The van der Waals surface area contributed by atoms with Crippen LogP contribution in [0, 0.1) is 11.3 Å². The van der Waals surface area contributed by atoms with Gasteiger partial charge in [0.05, 0.1) is 6.04 Å². The van der Waals surface area contributed by atoms with E-state index >= 15 is 0 Å². The summed E-state index contributed by atoms with van der Waals surface area (Å²) >= 11 is 0. The highest BCUT2D eigenvalue weighted by Crippen LogP contribution is 2.11. The van der Waals surface area contributed by atoms with E-state index in [0.717, 1.165) is 0 Å². The van der Waals surface area contributed by atoms with Crippen LogP contribution in [-0.4, -0.2) is 17.9 Å². The van der Waals surface area contributed by atoms with E-state index in [-0.39, 0.29) is 11.8 Å². The molecule has 0 saturated heterocycles. The molecule has 0 aromatic heterocycles. The van der Waals surface area contributed by atoms with Crippen molar-refractivity contribution in [2.24, 2.45) is 17.1 Å². The van der Waals surface area contributed by atoms with E-state index in [1.165, 1.54) is 0 Å². The minimum Gasteiger partial charge on any atom is -0.320 e. The Morgan fingerprint density at radius 3 is 2.06 bits per heavy atom. The molecule has 0 saturated carbocycles. The number of hydrogen-bond donors (Lipinski definition) is 3. The summed E-state index contributed by atoms with van der Waals surface area (Å²) in [5.74, 6) is -0.247. The van der Waals surface area contributed by atoms with E-state index in [1.54, 1.807) is 20.8 Å². The molecule has 4 N–H and O–H groups in total. The fourth-order valence-corrected chi connectivity index (χ4v) is 1.01. The van der Waals surface area contributed by atoms with Crippen LogP contribution in [0.4, 0.5) is 0 Å². The normalized spacial score (nSPS) is 13.4. The van der Waals surface area contributed by atoms with Crippen LogP contribution >= 0.6 is 0 Å². The Hall–Kier alpha value is -1.10. The third-order valence-electron chi connectivity index (χ3n) is 2.04. The average Bonchev–Trinajstić information content (AvgIpc) is 2.10. The molecular weight excluding hydrogens is 206 g/mol. The monoisotopic (exact) mass is 229 g/mol. The first-order valence-electron chi connectivity index (χ1n) is 5.50. The van der Waals surface area contributed by atoms with Crippen LogP contribution in [-0.2, 0) is 9.59 Å². The number of carbonyl (C=O) groups is 2. The Morgan fingerprint density at radius 2 is 1.69 bits per heavy atom. The zero-order valence-corrected chi connectivity index (χ0v) is 10.8. The van der Waals surface area contributed by atoms with Gasteiger partial charge in [-0.15, -0.1) is 0 Å². The third kappa shape index (κ3) is 5.70. The standard InChI is InChI=1S/C11H23N3O2/c1-7(2)6-8(12)9(15)13-14-10(16)11(3,4)5/h7-8H,6,12H2,1-5H3,(H,13,15)(H,14,16). The number of hydrogen-bond acceptors (Lipinski definition) is 3. The van der Waals surface area contributed by atoms with Gasteiger partial charge in [-0.05, 0) is 12.3 Å². The van der Waals surface area contributed by atoms with E-state index in [0.29, 0.717) is 12.3 Å². The Bertz CT molecular complexity index is 256. The van der Waals surface area contributed by atoms with E-state index in [1.807, 2.05) is 13.8 Å². The number of amides is 2. The van der Waals surface area contributed by atoms with Gasteiger partial charge in [-0.3, -0.25) is 20.4 Å². The maximum atomic E-state index is 11.5. The minimum absolute atomic E-state index is 0.238. The zero-order chi connectivity index (χ0) is 12.9. The van der Waals surface area contributed by atoms with Crippen molar-refractivity contribution in [2.45, 2.75) is 47.1 Å². The van der Waals surface area contributed by atoms with Crippen molar-refractivity contribution in [3.05, 3.63) is 0 Å². The molecule has 2 amide bonds. The smallest absolute Gasteiger partial charge is 0.255 e. The van der Waals surface area contributed by atoms with Gasteiger partial charge in [0, 0.05) is 5.41 Å². The first-order valence-corrected chi connectivity index (χ1v) is 5.50. The summed E-state index contributed by atoms with van der Waals surface area (Å²) in [6.07, 6.45) is 0.594. The van der Waals surface area contributed by atoms with Gasteiger partial charge in [-0.2, -0.15) is 0 Å². The molecule has 0 aromatic rings. The second kappa shape index (κ2) is 5.84. The summed E-state index contributed by atoms with van der Waals surface area (Å²) in [6.45, 7) is 9.27. The van der Waals surface area contributed by atoms with Crippen LogP contribution in [0.1, 0.15) is 41.0 Å². The fourth-order valence-electron chi connectivity index (χ4n) is 1.01. The highest BCUT2D eigenvalue weighted by Gasteiger charge is 2.22. The number of carbonyl (C=O) groups excluding carboxylic acids is 2. The summed E-state index contributed by atoms with van der Waals surface area (Å²) < 4.78 is 0. The lowest BCUT2D eigenvalue weighted by atomic mass is 9.96. The predicted octanol–water partition coefficient (Wildman–Crippen LogP) is 0.553. The quantitative estimate of drug-likeness (QED) is 0.618. The molecule has 0 heterocycles. The SMILES string of the molecule is CC(C)CC(N)C(=O)NNC(=O)C(C)(C)C. The van der Waals surface area contributed by atoms with E-state index in [2.05, 4.69) is 10.9 Å². The summed E-state index contributed by atoms with van der Waals surface area (Å²) in [7, 11) is 0. The largest absolute Gasteiger partial charge is 0.320 e. The topological polar surface area (TPSA) is 84.2 Å². The molecule has 0 aliphatic rings. The lowest BCUT2D eigenvalue weighted by molar-refractivity contribution is -0.134. The first kappa shape index (κ1) is 14.9. The molecule has 1 atom stereocenters. The third-order valence-corrected chi connectivity index (χ3v) is 2.04. The van der Waals surface area contributed by atoms with Gasteiger partial charge < -0.3 is 5.73 Å². The zero-order valence-electron chi connectivity index (χ0n) is 10.8. The second-order valence-electron chi connectivity index (χ2n) is 5.43. The molecule has 0 aromatic carbocycles. The molecule has 5 heteroatoms. The van der Waals surface area contributed by atoms with Crippen LogP contribution in [0.25, 0.3) is 0 Å². The molecule has 0 fully saturated rings. The molecule has 0 bridgehead atoms. The predicted molar refractivity (Wildman–Crippen MR) is 63.2 cm³/mol. The van der Waals surface area contributed by atoms with Crippen molar-refractivity contribution in [1.82, 2.24) is 10.9 Å². The summed E-state index contributed by atoms with van der Waals surface area (Å²) in [4.78, 5) is 22.9. The molecule has 1 unspecified atom stereocenters. The average molecular weight is 229 g/mol. The molecular formula is C11H23N3O2. The van der Waals surface area contributed by atoms with Crippen LogP contribution in [0.15, 0.2) is 0 Å². The molecule has 0 radical (unpaired) electrons. The maximum Gasteiger partial charge on any atom is 0.255 e. The van der Waals surface area contributed by atoms with Crippen molar-refractivity contribution in [3.8, 4) is 0 Å². The van der Waals surface area contributed by atoms with Crippen LogP contribution in [0.5, 0.6) is 0 Å². The van der Waals surface area contributed by atoms with Crippen molar-refractivity contribution >= 4 is 11.8 Å². The highest BCUT2D eigenvalue weighted by molar-refractivity contribution is 5.87. The highest BCUT2D eigenvalue weighted by atomic mass is 16.2. The maximum absolute atomic E-state index is 11.5. The molecule has 0 aliphatic carbocycles. The lowest BCUT2D eigenvalue weighted by Gasteiger charge is -2.19. The first-order chi connectivity index (χ1) is 7.14. The van der Waals surface area contributed by atoms with Crippen molar-refractivity contribution in [2.75, 3.05) is 0 Å². The van der Waals surface area contributed by atoms with Gasteiger partial charge >= 0.3 is 0 Å². The van der Waals surface area contributed by atoms with Crippen LogP contribution in [0.2, 0.25) is 0 Å². The van der Waals surface area contributed by atoms with Gasteiger partial charge in [-0.25, -0.2) is 0 Å². The lowest BCUT2D eigenvalue weighted by Crippen LogP contribution is -2.52. The molecule has 16 heavy (non-hydrogen) atoms. The van der Waals surface area contributed by atoms with Gasteiger partial charge in [0.25, 0.3) is 5.91 Å². The van der Waals surface area contributed by atoms with Crippen LogP contribution < -0.4 is 16.6 Å². The number of nitrogens with one attached hydrogen (secondary N) is 2. The van der Waals surface area contributed by atoms with Crippen LogP contribution in [0.3, 0.4) is 0 Å². The van der Waals surface area contributed by atoms with Gasteiger partial charge in [0.2, 0.25) is 5.91 Å². The van der Waals surface area contributed by atoms with E-state index in [9.17, 15) is 9.59 Å². The second-order valence-corrected chi connectivity index (χ2v) is 5.43. The molecule has 0 rings (SSSR count). The summed E-state index contributed by atoms with van der Waals surface area (Å²) in [6, 6.07) is -0.583. The van der Waals surface area contributed by atoms with Gasteiger partial charge in [0.15, 0.2) is 0 Å². The summed E-state index contributed by atoms with van der Waals surface area (Å²) in [5, 5.41) is 0. The number of rotatable bonds is 3. The van der Waals surface area contributed by atoms with Gasteiger partial charge in [-0.1, -0.05) is 34.6 Å². The molecule has 5 nitrogen and oxygen atoms in total. The van der Waals surface area contributed by atoms with Crippen molar-refractivity contribution < 1.29 is 9.59 Å².